The molecule has 3 N–H and O–H groups in total. The van der Waals surface area contributed by atoms with Crippen LogP contribution in [0.5, 0.6) is 0 Å². The zero-order chi connectivity index (χ0) is 17.2. The van der Waals surface area contributed by atoms with Gasteiger partial charge in [-0.3, -0.25) is 0 Å². The Hall–Kier alpha value is -0.160. The summed E-state index contributed by atoms with van der Waals surface area (Å²) in [6.07, 6.45) is 15.9. The molecule has 0 fully saturated rings. The average molecular weight is 333 g/mol. The van der Waals surface area contributed by atoms with E-state index in [9.17, 15) is 5.11 Å². The average Bonchev–Trinajstić information content (AvgIpc) is 2.56. The van der Waals surface area contributed by atoms with Gasteiger partial charge in [-0.1, -0.05) is 84.0 Å². The van der Waals surface area contributed by atoms with E-state index in [-0.39, 0.29) is 13.2 Å². The van der Waals surface area contributed by atoms with Crippen molar-refractivity contribution in [1.82, 2.24) is 0 Å². The summed E-state index contributed by atoms with van der Waals surface area (Å²) in [4.78, 5) is 0. The number of unbranched alkanes of at least 4 members (excludes halogenated alkanes) is 12. The van der Waals surface area contributed by atoms with Gasteiger partial charge >= 0.3 is 0 Å². The molecule has 0 aromatic carbocycles. The first-order valence-electron chi connectivity index (χ1n) is 9.79. The SMILES string of the molecule is CCCCCCCCCCCCCCCC(O)OCC(O)CO. The smallest absolute Gasteiger partial charge is 0.154 e. The molecule has 4 nitrogen and oxygen atoms in total. The van der Waals surface area contributed by atoms with Gasteiger partial charge in [-0.05, 0) is 12.8 Å². The van der Waals surface area contributed by atoms with Crippen LogP contribution >= 0.6 is 0 Å². The molecule has 4 heteroatoms. The Bertz CT molecular complexity index is 223. The molecule has 0 aliphatic heterocycles. The third-order valence-corrected chi connectivity index (χ3v) is 4.25. The van der Waals surface area contributed by atoms with Crippen LogP contribution in [0.2, 0.25) is 0 Å². The number of aliphatic hydroxyl groups excluding tert-OH is 3. The number of hydrogen-bond acceptors (Lipinski definition) is 4. The Morgan fingerprint density at radius 3 is 1.57 bits per heavy atom. The Labute approximate surface area is 143 Å². The topological polar surface area (TPSA) is 69.9 Å². The van der Waals surface area contributed by atoms with Gasteiger partial charge in [0.1, 0.15) is 6.10 Å². The summed E-state index contributed by atoms with van der Waals surface area (Å²) in [6, 6.07) is 0. The van der Waals surface area contributed by atoms with E-state index >= 15 is 0 Å². The molecule has 23 heavy (non-hydrogen) atoms. The van der Waals surface area contributed by atoms with Crippen LogP contribution in [0.1, 0.15) is 96.8 Å². The van der Waals surface area contributed by atoms with Gasteiger partial charge in [-0.15, -0.1) is 0 Å². The van der Waals surface area contributed by atoms with Crippen molar-refractivity contribution in [3.8, 4) is 0 Å². The summed E-state index contributed by atoms with van der Waals surface area (Å²) < 4.78 is 5.05. The van der Waals surface area contributed by atoms with Crippen LogP contribution in [0.15, 0.2) is 0 Å². The fraction of sp³-hybridized carbons (Fsp3) is 1.00. The van der Waals surface area contributed by atoms with Crippen LogP contribution in [0.4, 0.5) is 0 Å². The van der Waals surface area contributed by atoms with Gasteiger partial charge < -0.3 is 20.1 Å². The van der Waals surface area contributed by atoms with Crippen LogP contribution in [0.25, 0.3) is 0 Å². The fourth-order valence-electron chi connectivity index (χ4n) is 2.69. The maximum absolute atomic E-state index is 9.56. The van der Waals surface area contributed by atoms with Gasteiger partial charge in [0.2, 0.25) is 0 Å². The van der Waals surface area contributed by atoms with Crippen molar-refractivity contribution in [1.29, 1.82) is 0 Å². The van der Waals surface area contributed by atoms with Gasteiger partial charge in [0.25, 0.3) is 0 Å². The summed E-state index contributed by atoms with van der Waals surface area (Å²) in [7, 11) is 0. The molecule has 0 saturated heterocycles. The molecule has 2 unspecified atom stereocenters. The molecule has 0 aromatic rings. The summed E-state index contributed by atoms with van der Waals surface area (Å²) >= 11 is 0. The second-order valence-corrected chi connectivity index (χ2v) is 6.66. The molecule has 140 valence electrons. The summed E-state index contributed by atoms with van der Waals surface area (Å²) in [6.45, 7) is 1.93. The Kier molecular flexibility index (Phi) is 18.1. The molecule has 0 aromatic heterocycles. The van der Waals surface area contributed by atoms with Crippen molar-refractivity contribution in [3.05, 3.63) is 0 Å². The predicted molar refractivity (Wildman–Crippen MR) is 95.4 cm³/mol. The van der Waals surface area contributed by atoms with E-state index < -0.39 is 12.4 Å². The van der Waals surface area contributed by atoms with Gasteiger partial charge in [0.15, 0.2) is 6.29 Å². The van der Waals surface area contributed by atoms with Crippen molar-refractivity contribution in [2.24, 2.45) is 0 Å². The largest absolute Gasteiger partial charge is 0.394 e. The lowest BCUT2D eigenvalue weighted by Gasteiger charge is -2.14. The van der Waals surface area contributed by atoms with E-state index in [1.54, 1.807) is 0 Å². The summed E-state index contributed by atoms with van der Waals surface area (Å²) in [5, 5.41) is 27.3. The first kappa shape index (κ1) is 22.8. The zero-order valence-electron chi connectivity index (χ0n) is 15.2. The summed E-state index contributed by atoms with van der Waals surface area (Å²) in [5.41, 5.74) is 0. The minimum atomic E-state index is -0.892. The van der Waals surface area contributed by atoms with Gasteiger partial charge in [-0.25, -0.2) is 0 Å². The van der Waals surface area contributed by atoms with Crippen LogP contribution in [0, 0.1) is 0 Å². The lowest BCUT2D eigenvalue weighted by Crippen LogP contribution is -2.24. The monoisotopic (exact) mass is 332 g/mol. The number of ether oxygens (including phenoxy) is 1. The lowest BCUT2D eigenvalue weighted by molar-refractivity contribution is -0.130. The van der Waals surface area contributed by atoms with Gasteiger partial charge in [0.05, 0.1) is 13.2 Å². The van der Waals surface area contributed by atoms with Crippen molar-refractivity contribution < 1.29 is 20.1 Å². The van der Waals surface area contributed by atoms with Crippen LogP contribution in [-0.2, 0) is 4.74 Å². The van der Waals surface area contributed by atoms with E-state index in [0.717, 1.165) is 12.8 Å². The molecular formula is C19H40O4. The molecule has 0 aliphatic rings. The van der Waals surface area contributed by atoms with Gasteiger partial charge in [-0.2, -0.15) is 0 Å². The molecule has 0 rings (SSSR count). The molecule has 0 radical (unpaired) electrons. The van der Waals surface area contributed by atoms with Crippen LogP contribution < -0.4 is 0 Å². The first-order valence-corrected chi connectivity index (χ1v) is 9.79. The van der Waals surface area contributed by atoms with Crippen molar-refractivity contribution in [2.45, 2.75) is 109 Å². The molecule has 0 heterocycles. The van der Waals surface area contributed by atoms with E-state index in [1.807, 2.05) is 0 Å². The standard InChI is InChI=1S/C19H40O4/c1-2-3-4-5-6-7-8-9-10-11-12-13-14-15-19(22)23-17-18(21)16-20/h18-22H,2-17H2,1H3. The quantitative estimate of drug-likeness (QED) is 0.260. The Morgan fingerprint density at radius 2 is 1.13 bits per heavy atom. The number of hydrogen-bond donors (Lipinski definition) is 3. The molecule has 0 spiro atoms. The van der Waals surface area contributed by atoms with E-state index in [1.165, 1.54) is 70.6 Å². The zero-order valence-corrected chi connectivity index (χ0v) is 15.2. The third kappa shape index (κ3) is 18.0. The predicted octanol–water partition coefficient (Wildman–Crippen LogP) is 4.16. The Morgan fingerprint density at radius 1 is 0.696 bits per heavy atom. The van der Waals surface area contributed by atoms with Crippen LogP contribution in [-0.4, -0.2) is 40.9 Å². The molecule has 0 amide bonds. The Balaban J connectivity index is 3.12. The minimum absolute atomic E-state index is 0.00386. The highest BCUT2D eigenvalue weighted by molar-refractivity contribution is 4.53. The maximum Gasteiger partial charge on any atom is 0.154 e. The van der Waals surface area contributed by atoms with Crippen molar-refractivity contribution in [2.75, 3.05) is 13.2 Å². The van der Waals surface area contributed by atoms with E-state index in [4.69, 9.17) is 14.9 Å². The molecule has 0 saturated carbocycles. The molecule has 0 aliphatic carbocycles. The van der Waals surface area contributed by atoms with E-state index in [0.29, 0.717) is 6.42 Å². The normalized spacial score (nSPS) is 14.1. The maximum atomic E-state index is 9.56. The molecule has 0 bridgehead atoms. The molecule has 2 atom stereocenters. The van der Waals surface area contributed by atoms with E-state index in [2.05, 4.69) is 6.92 Å². The minimum Gasteiger partial charge on any atom is -0.394 e. The fourth-order valence-corrected chi connectivity index (χ4v) is 2.69. The van der Waals surface area contributed by atoms with Crippen molar-refractivity contribution in [3.63, 3.8) is 0 Å². The van der Waals surface area contributed by atoms with Crippen LogP contribution in [0.3, 0.4) is 0 Å². The highest BCUT2D eigenvalue weighted by atomic mass is 16.6. The highest BCUT2D eigenvalue weighted by Crippen LogP contribution is 2.13. The molecular weight excluding hydrogens is 292 g/mol. The lowest BCUT2D eigenvalue weighted by atomic mass is 10.0. The summed E-state index contributed by atoms with van der Waals surface area (Å²) in [5.74, 6) is 0. The second-order valence-electron chi connectivity index (χ2n) is 6.66. The number of rotatable bonds is 18. The van der Waals surface area contributed by atoms with Crippen molar-refractivity contribution >= 4 is 0 Å². The second kappa shape index (κ2) is 18.2. The highest BCUT2D eigenvalue weighted by Gasteiger charge is 2.07. The third-order valence-electron chi connectivity index (χ3n) is 4.25. The number of aliphatic hydroxyl groups is 3. The first-order chi connectivity index (χ1) is 11.2. The van der Waals surface area contributed by atoms with Gasteiger partial charge in [0, 0.05) is 0 Å².